The lowest BCUT2D eigenvalue weighted by atomic mass is 9.98. The smallest absolute Gasteiger partial charge is 0.287 e. The quantitative estimate of drug-likeness (QED) is 0.743. The van der Waals surface area contributed by atoms with Crippen molar-refractivity contribution in [3.05, 3.63) is 34.0 Å². The number of furan rings is 1. The van der Waals surface area contributed by atoms with E-state index in [9.17, 15) is 9.59 Å². The zero-order valence-corrected chi connectivity index (χ0v) is 17.8. The van der Waals surface area contributed by atoms with E-state index in [0.29, 0.717) is 24.4 Å². The first-order valence-corrected chi connectivity index (χ1v) is 10.5. The maximum Gasteiger partial charge on any atom is 0.287 e. The van der Waals surface area contributed by atoms with Gasteiger partial charge in [-0.3, -0.25) is 9.59 Å². The lowest BCUT2D eigenvalue weighted by Crippen LogP contribution is -2.48. The molecule has 2 heterocycles. The third-order valence-corrected chi connectivity index (χ3v) is 6.07. The number of hydrogen-bond donors (Lipinski definition) is 1. The third kappa shape index (κ3) is 4.21. The summed E-state index contributed by atoms with van der Waals surface area (Å²) in [6.45, 7) is 7.43. The Kier molecular flexibility index (Phi) is 6.25. The molecular weight excluding hydrogens is 408 g/mol. The van der Waals surface area contributed by atoms with Crippen LogP contribution in [0.25, 0.3) is 11.0 Å². The standard InChI is InChI=1S/C21H27BrN2O3/c1-4-14(5-2)21(26)24-10-8-16(9-11-24)23-20(25)19-13(3)17-12-15(22)6-7-18(17)27-19/h6-7,12,14,16H,4-5,8-11H2,1-3H3,(H,23,25). The van der Waals surface area contributed by atoms with Crippen LogP contribution in [0.2, 0.25) is 0 Å². The topological polar surface area (TPSA) is 62.6 Å². The van der Waals surface area contributed by atoms with Crippen LogP contribution in [0.1, 0.15) is 55.6 Å². The number of carbonyl (C=O) groups is 2. The summed E-state index contributed by atoms with van der Waals surface area (Å²) in [7, 11) is 0. The van der Waals surface area contributed by atoms with Crippen LogP contribution < -0.4 is 5.32 Å². The molecule has 2 aromatic rings. The lowest BCUT2D eigenvalue weighted by Gasteiger charge is -2.34. The van der Waals surface area contributed by atoms with Gasteiger partial charge in [0.25, 0.3) is 5.91 Å². The number of fused-ring (bicyclic) bond motifs is 1. The van der Waals surface area contributed by atoms with Crippen LogP contribution in [0.5, 0.6) is 0 Å². The molecule has 0 unspecified atom stereocenters. The van der Waals surface area contributed by atoms with Gasteiger partial charge < -0.3 is 14.6 Å². The molecule has 146 valence electrons. The van der Waals surface area contributed by atoms with Crippen LogP contribution >= 0.6 is 15.9 Å². The molecular formula is C21H27BrN2O3. The molecule has 1 saturated heterocycles. The first-order valence-electron chi connectivity index (χ1n) is 9.72. The van der Waals surface area contributed by atoms with Crippen LogP contribution in [-0.2, 0) is 4.79 Å². The minimum absolute atomic E-state index is 0.0719. The van der Waals surface area contributed by atoms with Crippen LogP contribution in [-0.4, -0.2) is 35.8 Å². The molecule has 1 aliphatic rings. The Bertz CT molecular complexity index is 833. The van der Waals surface area contributed by atoms with E-state index in [1.54, 1.807) is 0 Å². The fourth-order valence-corrected chi connectivity index (χ4v) is 4.16. The molecule has 0 bridgehead atoms. The van der Waals surface area contributed by atoms with Gasteiger partial charge in [-0.2, -0.15) is 0 Å². The van der Waals surface area contributed by atoms with Crippen molar-refractivity contribution < 1.29 is 14.0 Å². The van der Waals surface area contributed by atoms with Crippen molar-refractivity contribution in [1.29, 1.82) is 0 Å². The minimum atomic E-state index is -0.176. The fraction of sp³-hybridized carbons (Fsp3) is 0.524. The number of amides is 2. The van der Waals surface area contributed by atoms with Gasteiger partial charge in [0.2, 0.25) is 5.91 Å². The number of benzene rings is 1. The highest BCUT2D eigenvalue weighted by Crippen LogP contribution is 2.28. The van der Waals surface area contributed by atoms with Crippen LogP contribution in [0.4, 0.5) is 0 Å². The van der Waals surface area contributed by atoms with Crippen molar-refractivity contribution in [2.45, 2.75) is 52.5 Å². The average Bonchev–Trinajstić information content (AvgIpc) is 2.99. The molecule has 27 heavy (non-hydrogen) atoms. The molecule has 1 aliphatic heterocycles. The summed E-state index contributed by atoms with van der Waals surface area (Å²) in [5.74, 6) is 0.570. The summed E-state index contributed by atoms with van der Waals surface area (Å²) >= 11 is 3.46. The van der Waals surface area contributed by atoms with Gasteiger partial charge in [-0.1, -0.05) is 29.8 Å². The summed E-state index contributed by atoms with van der Waals surface area (Å²) in [5.41, 5.74) is 1.57. The number of nitrogens with one attached hydrogen (secondary N) is 1. The number of carbonyl (C=O) groups excluding carboxylic acids is 2. The van der Waals surface area contributed by atoms with Crippen molar-refractivity contribution in [3.63, 3.8) is 0 Å². The third-order valence-electron chi connectivity index (χ3n) is 5.58. The Labute approximate surface area is 168 Å². The summed E-state index contributed by atoms with van der Waals surface area (Å²) in [4.78, 5) is 27.2. The number of piperidine rings is 1. The van der Waals surface area contributed by atoms with E-state index in [2.05, 4.69) is 35.1 Å². The number of rotatable bonds is 5. The van der Waals surface area contributed by atoms with E-state index in [1.165, 1.54) is 0 Å². The molecule has 0 atom stereocenters. The van der Waals surface area contributed by atoms with Gasteiger partial charge in [-0.15, -0.1) is 0 Å². The van der Waals surface area contributed by atoms with E-state index in [1.807, 2.05) is 30.0 Å². The second kappa shape index (κ2) is 8.46. The van der Waals surface area contributed by atoms with E-state index < -0.39 is 0 Å². The fourth-order valence-electron chi connectivity index (χ4n) is 3.80. The minimum Gasteiger partial charge on any atom is -0.451 e. The van der Waals surface area contributed by atoms with Gasteiger partial charge >= 0.3 is 0 Å². The molecule has 3 rings (SSSR count). The summed E-state index contributed by atoms with van der Waals surface area (Å²) in [5, 5.41) is 4.03. The molecule has 6 heteroatoms. The van der Waals surface area contributed by atoms with E-state index in [4.69, 9.17) is 4.42 Å². The summed E-state index contributed by atoms with van der Waals surface area (Å²) in [6.07, 6.45) is 3.33. The second-order valence-corrected chi connectivity index (χ2v) is 8.20. The zero-order valence-electron chi connectivity index (χ0n) is 16.2. The molecule has 1 N–H and O–H groups in total. The monoisotopic (exact) mass is 434 g/mol. The van der Waals surface area contributed by atoms with Crippen molar-refractivity contribution in [2.75, 3.05) is 13.1 Å². The lowest BCUT2D eigenvalue weighted by molar-refractivity contribution is -0.136. The average molecular weight is 435 g/mol. The molecule has 1 fully saturated rings. The number of halogens is 1. The van der Waals surface area contributed by atoms with Crippen molar-refractivity contribution >= 4 is 38.7 Å². The van der Waals surface area contributed by atoms with Gasteiger partial charge in [0.15, 0.2) is 5.76 Å². The predicted octanol–water partition coefficient (Wildman–Crippen LogP) is 4.66. The molecule has 0 radical (unpaired) electrons. The van der Waals surface area contributed by atoms with Crippen LogP contribution in [0.15, 0.2) is 27.1 Å². The number of hydrogen-bond acceptors (Lipinski definition) is 3. The van der Waals surface area contributed by atoms with Crippen molar-refractivity contribution in [2.24, 2.45) is 5.92 Å². The Balaban J connectivity index is 1.62. The maximum atomic E-state index is 12.7. The number of likely N-dealkylation sites (tertiary alicyclic amines) is 1. The molecule has 5 nitrogen and oxygen atoms in total. The summed E-state index contributed by atoms with van der Waals surface area (Å²) < 4.78 is 6.74. The van der Waals surface area contributed by atoms with E-state index in [-0.39, 0.29) is 23.8 Å². The predicted molar refractivity (Wildman–Crippen MR) is 110 cm³/mol. The van der Waals surface area contributed by atoms with Crippen molar-refractivity contribution in [1.82, 2.24) is 10.2 Å². The zero-order chi connectivity index (χ0) is 19.6. The Morgan fingerprint density at radius 3 is 2.56 bits per heavy atom. The van der Waals surface area contributed by atoms with E-state index >= 15 is 0 Å². The van der Waals surface area contributed by atoms with Crippen LogP contribution in [0.3, 0.4) is 0 Å². The van der Waals surface area contributed by atoms with E-state index in [0.717, 1.165) is 41.1 Å². The Morgan fingerprint density at radius 1 is 1.26 bits per heavy atom. The molecule has 1 aromatic carbocycles. The van der Waals surface area contributed by atoms with Gasteiger partial charge in [0, 0.05) is 40.5 Å². The number of nitrogens with zero attached hydrogens (tertiary/aromatic N) is 1. The maximum absolute atomic E-state index is 12.7. The van der Waals surface area contributed by atoms with Crippen molar-refractivity contribution in [3.8, 4) is 0 Å². The number of aryl methyl sites for hydroxylation is 1. The molecule has 0 aliphatic carbocycles. The normalized spacial score (nSPS) is 15.5. The molecule has 2 amide bonds. The Morgan fingerprint density at radius 2 is 1.93 bits per heavy atom. The van der Waals surface area contributed by atoms with Gasteiger partial charge in [0.05, 0.1) is 0 Å². The first-order chi connectivity index (χ1) is 12.9. The highest BCUT2D eigenvalue weighted by Gasteiger charge is 2.28. The van der Waals surface area contributed by atoms with Gasteiger partial charge in [-0.05, 0) is 50.8 Å². The first kappa shape index (κ1) is 19.9. The highest BCUT2D eigenvalue weighted by molar-refractivity contribution is 9.10. The highest BCUT2D eigenvalue weighted by atomic mass is 79.9. The molecule has 0 spiro atoms. The van der Waals surface area contributed by atoms with Gasteiger partial charge in [0.1, 0.15) is 5.58 Å². The molecule has 1 aromatic heterocycles. The SMILES string of the molecule is CCC(CC)C(=O)N1CCC(NC(=O)c2oc3ccc(Br)cc3c2C)CC1. The van der Waals surface area contributed by atoms with Crippen LogP contribution in [0, 0.1) is 12.8 Å². The molecule has 0 saturated carbocycles. The largest absolute Gasteiger partial charge is 0.451 e. The second-order valence-electron chi connectivity index (χ2n) is 7.28. The van der Waals surface area contributed by atoms with Gasteiger partial charge in [-0.25, -0.2) is 0 Å². The Hall–Kier alpha value is -1.82. The summed E-state index contributed by atoms with van der Waals surface area (Å²) in [6, 6.07) is 5.81.